The Morgan fingerprint density at radius 3 is 2.71 bits per heavy atom. The lowest BCUT2D eigenvalue weighted by Crippen LogP contribution is -2.36. The maximum atomic E-state index is 12.3. The molecule has 0 N–H and O–H groups in total. The van der Waals surface area contributed by atoms with E-state index in [0.29, 0.717) is 12.1 Å². The number of ether oxygens (including phenoxy) is 2. The van der Waals surface area contributed by atoms with E-state index in [-0.39, 0.29) is 6.04 Å². The molecule has 1 fully saturated rings. The van der Waals surface area contributed by atoms with Crippen molar-refractivity contribution in [1.82, 2.24) is 15.0 Å². The van der Waals surface area contributed by atoms with Crippen molar-refractivity contribution in [3.8, 4) is 0 Å². The monoisotopic (exact) mass is 295 g/mol. The van der Waals surface area contributed by atoms with Crippen LogP contribution in [-0.4, -0.2) is 40.1 Å². The molecule has 1 aromatic rings. The molecule has 0 aromatic carbocycles. The third-order valence-electron chi connectivity index (χ3n) is 2.88. The fraction of sp³-hybridized carbons (Fsp3) is 0.643. The minimum absolute atomic E-state index is 0.378. The van der Waals surface area contributed by atoms with E-state index < -0.39 is 18.0 Å². The van der Waals surface area contributed by atoms with Crippen LogP contribution in [0, 0.1) is 6.92 Å². The SMILES string of the molecule is COC1CC(c2cncc(C)n2)N(C(=O)OC(C)(C)C)O1. The number of nitrogens with zero attached hydrogens (tertiary/aromatic N) is 3. The summed E-state index contributed by atoms with van der Waals surface area (Å²) >= 11 is 0. The van der Waals surface area contributed by atoms with Crippen LogP contribution in [0.5, 0.6) is 0 Å². The Balaban J connectivity index is 2.22. The van der Waals surface area contributed by atoms with Crippen LogP contribution in [0.2, 0.25) is 0 Å². The standard InChI is InChI=1S/C14H21N3O4/c1-9-7-15-8-10(16-9)11-6-12(19-5)21-17(11)13(18)20-14(2,3)4/h7-8,11-12H,6H2,1-5H3. The van der Waals surface area contributed by atoms with Crippen LogP contribution in [0.15, 0.2) is 12.4 Å². The highest BCUT2D eigenvalue weighted by atomic mass is 16.8. The first kappa shape index (κ1) is 15.7. The first-order valence-electron chi connectivity index (χ1n) is 6.80. The summed E-state index contributed by atoms with van der Waals surface area (Å²) in [6, 6.07) is -0.378. The highest BCUT2D eigenvalue weighted by molar-refractivity contribution is 5.67. The Kier molecular flexibility index (Phi) is 4.43. The second kappa shape index (κ2) is 5.95. The first-order valence-corrected chi connectivity index (χ1v) is 6.80. The first-order chi connectivity index (χ1) is 9.80. The van der Waals surface area contributed by atoms with Gasteiger partial charge in [-0.25, -0.2) is 9.63 Å². The summed E-state index contributed by atoms with van der Waals surface area (Å²) in [6.45, 7) is 7.25. The van der Waals surface area contributed by atoms with E-state index in [2.05, 4.69) is 9.97 Å². The number of rotatable bonds is 2. The molecule has 7 heteroatoms. The van der Waals surface area contributed by atoms with E-state index in [1.54, 1.807) is 33.2 Å². The van der Waals surface area contributed by atoms with Crippen LogP contribution in [-0.2, 0) is 14.3 Å². The van der Waals surface area contributed by atoms with Crippen LogP contribution in [0.4, 0.5) is 4.79 Å². The Morgan fingerprint density at radius 1 is 1.43 bits per heavy atom. The Labute approximate surface area is 124 Å². The molecule has 116 valence electrons. The zero-order valence-corrected chi connectivity index (χ0v) is 13.0. The van der Waals surface area contributed by atoms with Crippen LogP contribution in [0.3, 0.4) is 0 Å². The fourth-order valence-electron chi connectivity index (χ4n) is 2.02. The predicted octanol–water partition coefficient (Wildman–Crippen LogP) is 2.37. The largest absolute Gasteiger partial charge is 0.442 e. The fourth-order valence-corrected chi connectivity index (χ4v) is 2.02. The maximum absolute atomic E-state index is 12.3. The molecule has 0 radical (unpaired) electrons. The van der Waals surface area contributed by atoms with E-state index >= 15 is 0 Å². The lowest BCUT2D eigenvalue weighted by atomic mass is 10.1. The van der Waals surface area contributed by atoms with Gasteiger partial charge in [-0.3, -0.25) is 9.97 Å². The van der Waals surface area contributed by atoms with E-state index in [0.717, 1.165) is 5.69 Å². The normalized spacial score (nSPS) is 22.4. The van der Waals surface area contributed by atoms with Crippen molar-refractivity contribution in [2.24, 2.45) is 0 Å². The van der Waals surface area contributed by atoms with Gasteiger partial charge in [0.15, 0.2) is 6.29 Å². The van der Waals surface area contributed by atoms with Gasteiger partial charge >= 0.3 is 6.09 Å². The van der Waals surface area contributed by atoms with Gasteiger partial charge in [-0.2, -0.15) is 5.06 Å². The number of hydrogen-bond acceptors (Lipinski definition) is 6. The van der Waals surface area contributed by atoms with Gasteiger partial charge in [-0.15, -0.1) is 0 Å². The topological polar surface area (TPSA) is 73.8 Å². The van der Waals surface area contributed by atoms with Gasteiger partial charge in [-0.05, 0) is 27.7 Å². The molecule has 0 aliphatic carbocycles. The molecular formula is C14H21N3O4. The molecule has 1 aromatic heterocycles. The molecule has 7 nitrogen and oxygen atoms in total. The molecule has 2 heterocycles. The zero-order valence-electron chi connectivity index (χ0n) is 13.0. The minimum Gasteiger partial charge on any atom is -0.442 e. The van der Waals surface area contributed by atoms with E-state index in [9.17, 15) is 4.79 Å². The van der Waals surface area contributed by atoms with Crippen molar-refractivity contribution in [2.75, 3.05) is 7.11 Å². The van der Waals surface area contributed by atoms with Gasteiger partial charge in [-0.1, -0.05) is 0 Å². The molecule has 1 saturated heterocycles. The summed E-state index contributed by atoms with van der Waals surface area (Å²) in [7, 11) is 1.53. The van der Waals surface area contributed by atoms with Crippen LogP contribution in [0.1, 0.15) is 44.6 Å². The van der Waals surface area contributed by atoms with Gasteiger partial charge in [0.2, 0.25) is 0 Å². The number of carbonyl (C=O) groups excluding carboxylic acids is 1. The molecule has 1 amide bonds. The van der Waals surface area contributed by atoms with E-state index in [1.807, 2.05) is 6.92 Å². The molecule has 2 unspecified atom stereocenters. The highest BCUT2D eigenvalue weighted by Crippen LogP contribution is 2.34. The Bertz CT molecular complexity index is 515. The predicted molar refractivity (Wildman–Crippen MR) is 74.1 cm³/mol. The van der Waals surface area contributed by atoms with Crippen LogP contribution < -0.4 is 0 Å². The molecule has 1 aliphatic rings. The molecule has 0 spiro atoms. The summed E-state index contributed by atoms with van der Waals surface area (Å²) in [5.41, 5.74) is 0.826. The third-order valence-corrected chi connectivity index (χ3v) is 2.88. The molecular weight excluding hydrogens is 274 g/mol. The molecule has 1 aliphatic heterocycles. The van der Waals surface area contributed by atoms with Crippen LogP contribution in [0.25, 0.3) is 0 Å². The van der Waals surface area contributed by atoms with Crippen molar-refractivity contribution >= 4 is 6.09 Å². The molecule has 2 rings (SSSR count). The lowest BCUT2D eigenvalue weighted by Gasteiger charge is -2.26. The van der Waals surface area contributed by atoms with Gasteiger partial charge in [0.05, 0.1) is 17.6 Å². The average Bonchev–Trinajstić information content (AvgIpc) is 2.81. The van der Waals surface area contributed by atoms with Crippen molar-refractivity contribution < 1.29 is 19.1 Å². The minimum atomic E-state index is -0.603. The zero-order chi connectivity index (χ0) is 15.6. The summed E-state index contributed by atoms with van der Waals surface area (Å²) in [5.74, 6) is 0. The number of carbonyl (C=O) groups is 1. The van der Waals surface area contributed by atoms with Gasteiger partial charge in [0, 0.05) is 19.7 Å². The smallest absolute Gasteiger partial charge is 0.435 e. The quantitative estimate of drug-likeness (QED) is 0.834. The summed E-state index contributed by atoms with van der Waals surface area (Å²) in [5, 5.41) is 1.18. The number of aryl methyl sites for hydroxylation is 1. The number of amides is 1. The molecule has 0 saturated carbocycles. The van der Waals surface area contributed by atoms with Gasteiger partial charge in [0.25, 0.3) is 0 Å². The number of hydroxylamine groups is 2. The number of hydrogen-bond donors (Lipinski definition) is 0. The third kappa shape index (κ3) is 3.89. The second-order valence-corrected chi connectivity index (χ2v) is 5.91. The van der Waals surface area contributed by atoms with Crippen molar-refractivity contribution in [1.29, 1.82) is 0 Å². The molecule has 0 bridgehead atoms. The number of aromatic nitrogens is 2. The number of methoxy groups -OCH3 is 1. The van der Waals surface area contributed by atoms with Gasteiger partial charge < -0.3 is 9.47 Å². The Morgan fingerprint density at radius 2 is 2.14 bits per heavy atom. The average molecular weight is 295 g/mol. The van der Waals surface area contributed by atoms with Crippen molar-refractivity contribution in [2.45, 2.75) is 52.0 Å². The summed E-state index contributed by atoms with van der Waals surface area (Å²) < 4.78 is 10.5. The maximum Gasteiger partial charge on any atom is 0.435 e. The van der Waals surface area contributed by atoms with E-state index in [4.69, 9.17) is 14.3 Å². The van der Waals surface area contributed by atoms with Gasteiger partial charge in [0.1, 0.15) is 11.6 Å². The van der Waals surface area contributed by atoms with Crippen molar-refractivity contribution in [3.63, 3.8) is 0 Å². The van der Waals surface area contributed by atoms with Crippen LogP contribution >= 0.6 is 0 Å². The van der Waals surface area contributed by atoms with E-state index in [1.165, 1.54) is 12.2 Å². The summed E-state index contributed by atoms with van der Waals surface area (Å²) in [6.07, 6.45) is 2.69. The van der Waals surface area contributed by atoms with Crippen molar-refractivity contribution in [3.05, 3.63) is 23.8 Å². The highest BCUT2D eigenvalue weighted by Gasteiger charge is 2.41. The lowest BCUT2D eigenvalue weighted by molar-refractivity contribution is -0.217. The summed E-state index contributed by atoms with van der Waals surface area (Å²) in [4.78, 5) is 26.3. The Hall–Kier alpha value is -1.73. The molecule has 21 heavy (non-hydrogen) atoms. The molecule has 2 atom stereocenters. The second-order valence-electron chi connectivity index (χ2n) is 5.91.